The molecule has 2 N–H and O–H groups in total. The molecular weight excluding hydrogens is 494 g/mol. The minimum absolute atomic E-state index is 0.0126. The van der Waals surface area contributed by atoms with Crippen molar-refractivity contribution in [3.05, 3.63) is 36.8 Å². The van der Waals surface area contributed by atoms with Crippen molar-refractivity contribution in [2.24, 2.45) is 0 Å². The van der Waals surface area contributed by atoms with Crippen molar-refractivity contribution in [1.82, 2.24) is 19.9 Å². The lowest BCUT2D eigenvalue weighted by Gasteiger charge is -2.31. The third-order valence-electron chi connectivity index (χ3n) is 6.70. The Balaban J connectivity index is 1.38. The number of hydrogen-bond donors (Lipinski definition) is 2. The van der Waals surface area contributed by atoms with Crippen LogP contribution in [0.4, 0.5) is 17.5 Å². The predicted molar refractivity (Wildman–Crippen MR) is 143 cm³/mol. The molecule has 12 heteroatoms. The molecule has 0 spiro atoms. The third-order valence-corrected chi connectivity index (χ3v) is 8.46. The van der Waals surface area contributed by atoms with Crippen molar-refractivity contribution in [3.8, 4) is 5.88 Å². The van der Waals surface area contributed by atoms with E-state index in [1.165, 1.54) is 6.20 Å². The standard InChI is InChI=1S/C25H33N7O4S/c1-17(2)37(33,34)31-19-14-21-22(28-16-19)15-23(32-10-12-35-13-11-32)30-24(21)36-20-6-4-18(5-7-20)29-25-26-8-3-9-27-25/h3,8-9,14-18,20,31H,4-7,10-13H2,1-2H3,(H,26,27,29). The molecule has 198 valence electrons. The summed E-state index contributed by atoms with van der Waals surface area (Å²) in [6.07, 6.45) is 8.52. The van der Waals surface area contributed by atoms with Crippen molar-refractivity contribution >= 4 is 38.4 Å². The largest absolute Gasteiger partial charge is 0.474 e. The molecule has 0 amide bonds. The topological polar surface area (TPSA) is 131 Å². The SMILES string of the molecule is CC(C)S(=O)(=O)Nc1cnc2cc(N3CCOCC3)nc(OC3CCC(Nc4ncccn4)CC3)c2c1. The van der Waals surface area contributed by atoms with Crippen LogP contribution >= 0.6 is 0 Å². The van der Waals surface area contributed by atoms with Gasteiger partial charge in [0.15, 0.2) is 0 Å². The number of hydrogen-bond acceptors (Lipinski definition) is 10. The van der Waals surface area contributed by atoms with Crippen molar-refractivity contribution in [3.63, 3.8) is 0 Å². The summed E-state index contributed by atoms with van der Waals surface area (Å²) in [5.74, 6) is 1.89. The molecule has 2 aliphatic rings. The van der Waals surface area contributed by atoms with E-state index in [-0.39, 0.29) is 12.1 Å². The molecule has 5 rings (SSSR count). The second kappa shape index (κ2) is 11.0. The molecule has 0 unspecified atom stereocenters. The van der Waals surface area contributed by atoms with Crippen LogP contribution in [0.1, 0.15) is 39.5 Å². The Morgan fingerprint density at radius 3 is 2.49 bits per heavy atom. The smallest absolute Gasteiger partial charge is 0.235 e. The van der Waals surface area contributed by atoms with E-state index in [0.29, 0.717) is 41.6 Å². The summed E-state index contributed by atoms with van der Waals surface area (Å²) in [6.45, 7) is 6.03. The number of anilines is 3. The van der Waals surface area contributed by atoms with Crippen molar-refractivity contribution in [2.75, 3.05) is 41.2 Å². The van der Waals surface area contributed by atoms with Crippen LogP contribution in [0.15, 0.2) is 36.8 Å². The lowest BCUT2D eigenvalue weighted by atomic mass is 9.93. The van der Waals surface area contributed by atoms with Gasteiger partial charge in [-0.25, -0.2) is 18.4 Å². The second-order valence-electron chi connectivity index (χ2n) is 9.68. The summed E-state index contributed by atoms with van der Waals surface area (Å²) in [5.41, 5.74) is 1.10. The van der Waals surface area contributed by atoms with Crippen LogP contribution in [0.3, 0.4) is 0 Å². The Bertz CT molecular complexity index is 1310. The van der Waals surface area contributed by atoms with Gasteiger partial charge in [0.2, 0.25) is 21.9 Å². The summed E-state index contributed by atoms with van der Waals surface area (Å²) >= 11 is 0. The number of pyridine rings is 2. The van der Waals surface area contributed by atoms with E-state index in [2.05, 4.69) is 29.9 Å². The molecule has 11 nitrogen and oxygen atoms in total. The fourth-order valence-electron chi connectivity index (χ4n) is 4.50. The number of rotatable bonds is 8. The first-order chi connectivity index (χ1) is 17.9. The average Bonchev–Trinajstić information content (AvgIpc) is 2.91. The lowest BCUT2D eigenvalue weighted by molar-refractivity contribution is 0.122. The quantitative estimate of drug-likeness (QED) is 0.450. The molecule has 0 bridgehead atoms. The number of nitrogens with zero attached hydrogens (tertiary/aromatic N) is 5. The molecule has 37 heavy (non-hydrogen) atoms. The first kappa shape index (κ1) is 25.4. The summed E-state index contributed by atoms with van der Waals surface area (Å²) in [4.78, 5) is 20.1. The number of nitrogens with one attached hydrogen (secondary N) is 2. The highest BCUT2D eigenvalue weighted by atomic mass is 32.2. The minimum Gasteiger partial charge on any atom is -0.474 e. The van der Waals surface area contributed by atoms with Crippen LogP contribution in [0.5, 0.6) is 5.88 Å². The predicted octanol–water partition coefficient (Wildman–Crippen LogP) is 3.21. The van der Waals surface area contributed by atoms with Gasteiger partial charge in [0.05, 0.1) is 41.3 Å². The molecule has 1 aliphatic heterocycles. The molecule has 3 aromatic rings. The fraction of sp³-hybridized carbons (Fsp3) is 0.520. The van der Waals surface area contributed by atoms with Gasteiger partial charge in [-0.2, -0.15) is 4.98 Å². The summed E-state index contributed by atoms with van der Waals surface area (Å²) < 4.78 is 39.5. The molecule has 0 radical (unpaired) electrons. The highest BCUT2D eigenvalue weighted by Gasteiger charge is 2.25. The summed E-state index contributed by atoms with van der Waals surface area (Å²) in [7, 11) is -3.51. The van der Waals surface area contributed by atoms with E-state index in [0.717, 1.165) is 44.6 Å². The molecule has 1 saturated heterocycles. The van der Waals surface area contributed by atoms with E-state index in [9.17, 15) is 8.42 Å². The Morgan fingerprint density at radius 1 is 1.05 bits per heavy atom. The van der Waals surface area contributed by atoms with Crippen molar-refractivity contribution in [1.29, 1.82) is 0 Å². The van der Waals surface area contributed by atoms with Crippen LogP contribution in [0.25, 0.3) is 10.9 Å². The van der Waals surface area contributed by atoms with Gasteiger partial charge in [-0.15, -0.1) is 0 Å². The zero-order valence-corrected chi connectivity index (χ0v) is 21.9. The molecule has 1 aliphatic carbocycles. The van der Waals surface area contributed by atoms with E-state index < -0.39 is 15.3 Å². The molecule has 3 aromatic heterocycles. The Kier molecular flexibility index (Phi) is 7.56. The van der Waals surface area contributed by atoms with Gasteiger partial charge in [0.1, 0.15) is 11.9 Å². The maximum Gasteiger partial charge on any atom is 0.235 e. The molecular formula is C25H33N7O4S. The van der Waals surface area contributed by atoms with E-state index in [4.69, 9.17) is 14.5 Å². The Labute approximate surface area is 217 Å². The van der Waals surface area contributed by atoms with Gasteiger partial charge in [-0.1, -0.05) is 0 Å². The maximum atomic E-state index is 12.4. The molecule has 4 heterocycles. The van der Waals surface area contributed by atoms with Gasteiger partial charge in [0.25, 0.3) is 0 Å². The van der Waals surface area contributed by atoms with Gasteiger partial charge in [-0.05, 0) is 51.7 Å². The van der Waals surface area contributed by atoms with E-state index >= 15 is 0 Å². The third kappa shape index (κ3) is 6.19. The van der Waals surface area contributed by atoms with Gasteiger partial charge in [-0.3, -0.25) is 9.71 Å². The number of fused-ring (bicyclic) bond motifs is 1. The van der Waals surface area contributed by atoms with Gasteiger partial charge >= 0.3 is 0 Å². The van der Waals surface area contributed by atoms with E-state index in [1.54, 1.807) is 38.4 Å². The zero-order valence-electron chi connectivity index (χ0n) is 21.1. The number of morpholine rings is 1. The second-order valence-corrected chi connectivity index (χ2v) is 11.9. The van der Waals surface area contributed by atoms with Crippen molar-refractivity contribution in [2.45, 2.75) is 56.9 Å². The minimum atomic E-state index is -3.51. The summed E-state index contributed by atoms with van der Waals surface area (Å²) in [5, 5.41) is 3.51. The van der Waals surface area contributed by atoms with Crippen LogP contribution in [-0.4, -0.2) is 72.1 Å². The van der Waals surface area contributed by atoms with Crippen molar-refractivity contribution < 1.29 is 17.9 Å². The Hall–Kier alpha value is -3.25. The van der Waals surface area contributed by atoms with Gasteiger partial charge < -0.3 is 19.7 Å². The van der Waals surface area contributed by atoms with Crippen LogP contribution < -0.4 is 19.7 Å². The lowest BCUT2D eigenvalue weighted by Crippen LogP contribution is -2.37. The number of sulfonamides is 1. The maximum absolute atomic E-state index is 12.4. The van der Waals surface area contributed by atoms with Crippen LogP contribution in [0, 0.1) is 0 Å². The summed E-state index contributed by atoms with van der Waals surface area (Å²) in [6, 6.07) is 5.76. The first-order valence-electron chi connectivity index (χ1n) is 12.7. The zero-order chi connectivity index (χ0) is 25.8. The normalized spacial score (nSPS) is 20.7. The molecule has 2 fully saturated rings. The van der Waals surface area contributed by atoms with E-state index in [1.807, 2.05) is 6.07 Å². The Morgan fingerprint density at radius 2 is 1.78 bits per heavy atom. The molecule has 0 atom stereocenters. The van der Waals surface area contributed by atoms with Gasteiger partial charge in [0, 0.05) is 37.6 Å². The highest BCUT2D eigenvalue weighted by molar-refractivity contribution is 7.93. The fourth-order valence-corrected chi connectivity index (χ4v) is 5.18. The number of aromatic nitrogens is 4. The molecule has 1 saturated carbocycles. The average molecular weight is 528 g/mol. The van der Waals surface area contributed by atoms with Crippen LogP contribution in [-0.2, 0) is 14.8 Å². The van der Waals surface area contributed by atoms with Crippen LogP contribution in [0.2, 0.25) is 0 Å². The number of ether oxygens (including phenoxy) is 2. The first-order valence-corrected chi connectivity index (χ1v) is 14.3. The monoisotopic (exact) mass is 527 g/mol. The highest BCUT2D eigenvalue weighted by Crippen LogP contribution is 2.33. The molecule has 0 aromatic carbocycles.